The Hall–Kier alpha value is -3.66. The monoisotopic (exact) mass is 512 g/mol. The number of esters is 1. The summed E-state index contributed by atoms with van der Waals surface area (Å²) in [6.45, 7) is 5.08. The van der Waals surface area contributed by atoms with Crippen LogP contribution < -0.4 is 11.1 Å². The van der Waals surface area contributed by atoms with E-state index in [1.54, 1.807) is 47.4 Å². The molecule has 1 aromatic heterocycles. The number of ether oxygens (including phenoxy) is 2. The fourth-order valence-electron chi connectivity index (χ4n) is 4.02. The highest BCUT2D eigenvalue weighted by Crippen LogP contribution is 2.17. The number of nitrogens with two attached hydrogens (primary N) is 1. The molecule has 1 atom stereocenters. The smallest absolute Gasteiger partial charge is 0.332 e. The number of carbonyl (C=O) groups excluding carboxylic acids is 3. The second-order valence-corrected chi connectivity index (χ2v) is 9.63. The Kier molecular flexibility index (Phi) is 10.3. The number of rotatable bonds is 11. The van der Waals surface area contributed by atoms with Gasteiger partial charge in [0, 0.05) is 19.5 Å². The van der Waals surface area contributed by atoms with E-state index in [-0.39, 0.29) is 49.0 Å². The highest BCUT2D eigenvalue weighted by Gasteiger charge is 2.30. The first-order valence-electron chi connectivity index (χ1n) is 12.5. The molecular formula is C27H36N4O6. The fourth-order valence-corrected chi connectivity index (χ4v) is 4.02. The number of benzene rings is 1. The highest BCUT2D eigenvalue weighted by atomic mass is 16.6. The Morgan fingerprint density at radius 1 is 1.14 bits per heavy atom. The van der Waals surface area contributed by atoms with Gasteiger partial charge in [-0.2, -0.15) is 0 Å². The minimum atomic E-state index is -0.790. The minimum Gasteiger partial charge on any atom is -0.508 e. The number of pyridine rings is 1. The van der Waals surface area contributed by atoms with Gasteiger partial charge >= 0.3 is 5.97 Å². The van der Waals surface area contributed by atoms with Gasteiger partial charge in [-0.3, -0.25) is 9.59 Å². The molecule has 1 aromatic carbocycles. The number of carbonyl (C=O) groups is 3. The molecule has 1 unspecified atom stereocenters. The summed E-state index contributed by atoms with van der Waals surface area (Å²) in [5.74, 6) is -0.224. The van der Waals surface area contributed by atoms with E-state index >= 15 is 0 Å². The van der Waals surface area contributed by atoms with Crippen molar-refractivity contribution in [3.63, 3.8) is 0 Å². The predicted octanol–water partition coefficient (Wildman–Crippen LogP) is 1.85. The van der Waals surface area contributed by atoms with Gasteiger partial charge < -0.3 is 30.5 Å². The molecule has 0 spiro atoms. The molecule has 1 saturated heterocycles. The minimum absolute atomic E-state index is 0.00673. The number of aromatic nitrogens is 1. The molecule has 0 radical (unpaired) electrons. The second-order valence-electron chi connectivity index (χ2n) is 9.63. The van der Waals surface area contributed by atoms with Crippen LogP contribution in [-0.2, 0) is 36.7 Å². The Balaban J connectivity index is 1.57. The van der Waals surface area contributed by atoms with Crippen molar-refractivity contribution >= 4 is 23.6 Å². The lowest BCUT2D eigenvalue weighted by Gasteiger charge is -2.34. The van der Waals surface area contributed by atoms with E-state index in [1.165, 1.54) is 0 Å². The summed E-state index contributed by atoms with van der Waals surface area (Å²) in [7, 11) is 0. The number of hydrogen-bond donors (Lipinski definition) is 3. The molecule has 2 amide bonds. The van der Waals surface area contributed by atoms with Crippen molar-refractivity contribution in [2.75, 3.05) is 32.0 Å². The SMILES string of the molecule is CC(C)COC(=O)COC1CCN(C(=O)C(Cc2ccc(O)cc2)NC(=O)Cc2cccc(N)n2)CC1. The van der Waals surface area contributed by atoms with Crippen LogP contribution in [-0.4, -0.2) is 71.2 Å². The quantitative estimate of drug-likeness (QED) is 0.387. The van der Waals surface area contributed by atoms with Crippen molar-refractivity contribution < 1.29 is 29.0 Å². The third-order valence-electron chi connectivity index (χ3n) is 5.95. The third-order valence-corrected chi connectivity index (χ3v) is 5.95. The normalized spacial score (nSPS) is 14.8. The first-order valence-corrected chi connectivity index (χ1v) is 12.5. The highest BCUT2D eigenvalue weighted by molar-refractivity contribution is 5.88. The lowest BCUT2D eigenvalue weighted by molar-refractivity contribution is -0.154. The van der Waals surface area contributed by atoms with Crippen LogP contribution in [0.5, 0.6) is 5.75 Å². The van der Waals surface area contributed by atoms with Crippen LogP contribution in [0, 0.1) is 5.92 Å². The maximum absolute atomic E-state index is 13.4. The number of piperidine rings is 1. The molecule has 4 N–H and O–H groups in total. The number of nitrogens with zero attached hydrogens (tertiary/aromatic N) is 2. The number of phenolic OH excluding ortho intramolecular Hbond substituents is 1. The average molecular weight is 513 g/mol. The van der Waals surface area contributed by atoms with Gasteiger partial charge in [-0.15, -0.1) is 0 Å². The van der Waals surface area contributed by atoms with Gasteiger partial charge in [0.25, 0.3) is 0 Å². The van der Waals surface area contributed by atoms with Gasteiger partial charge in [-0.1, -0.05) is 32.0 Å². The molecule has 0 saturated carbocycles. The van der Waals surface area contributed by atoms with Crippen LogP contribution >= 0.6 is 0 Å². The van der Waals surface area contributed by atoms with E-state index < -0.39 is 12.0 Å². The van der Waals surface area contributed by atoms with Gasteiger partial charge in [0.2, 0.25) is 11.8 Å². The Bertz CT molecular complexity index is 1050. The van der Waals surface area contributed by atoms with Gasteiger partial charge in [-0.25, -0.2) is 9.78 Å². The Morgan fingerprint density at radius 3 is 2.49 bits per heavy atom. The van der Waals surface area contributed by atoms with Crippen LogP contribution in [0.4, 0.5) is 5.82 Å². The van der Waals surface area contributed by atoms with Crippen LogP contribution in [0.3, 0.4) is 0 Å². The summed E-state index contributed by atoms with van der Waals surface area (Å²) < 4.78 is 10.8. The molecule has 200 valence electrons. The van der Waals surface area contributed by atoms with Gasteiger partial charge in [0.15, 0.2) is 0 Å². The maximum atomic E-state index is 13.4. The summed E-state index contributed by atoms with van der Waals surface area (Å²) in [4.78, 5) is 43.9. The first kappa shape index (κ1) is 27.9. The standard InChI is InChI=1S/C27H36N4O6/c1-18(2)16-37-26(34)17-36-22-10-12-31(13-11-22)27(35)23(14-19-6-8-21(32)9-7-19)30-25(33)15-20-4-3-5-24(28)29-20/h3-9,18,22-23,32H,10-17H2,1-2H3,(H2,28,29)(H,30,33). The molecule has 0 bridgehead atoms. The number of nitrogens with one attached hydrogen (secondary N) is 1. The van der Waals surface area contributed by atoms with Crippen LogP contribution in [0.2, 0.25) is 0 Å². The second kappa shape index (κ2) is 13.6. The van der Waals surface area contributed by atoms with Crippen molar-refractivity contribution in [1.82, 2.24) is 15.2 Å². The zero-order valence-electron chi connectivity index (χ0n) is 21.4. The molecule has 1 aliphatic heterocycles. The van der Waals surface area contributed by atoms with Gasteiger partial charge in [0.05, 0.1) is 24.8 Å². The third kappa shape index (κ3) is 9.38. The zero-order valence-corrected chi connectivity index (χ0v) is 21.4. The largest absolute Gasteiger partial charge is 0.508 e. The Labute approximate surface area is 217 Å². The van der Waals surface area contributed by atoms with Crippen molar-refractivity contribution in [2.24, 2.45) is 5.92 Å². The number of amides is 2. The maximum Gasteiger partial charge on any atom is 0.332 e. The fraction of sp³-hybridized carbons (Fsp3) is 0.481. The number of anilines is 1. The van der Waals surface area contributed by atoms with Crippen LogP contribution in [0.25, 0.3) is 0 Å². The van der Waals surface area contributed by atoms with Crippen LogP contribution in [0.1, 0.15) is 37.9 Å². The average Bonchev–Trinajstić information content (AvgIpc) is 2.87. The van der Waals surface area contributed by atoms with Crippen molar-refractivity contribution in [1.29, 1.82) is 0 Å². The summed E-state index contributed by atoms with van der Waals surface area (Å²) in [6.07, 6.45) is 1.28. The lowest BCUT2D eigenvalue weighted by Crippen LogP contribution is -2.52. The number of phenols is 1. The molecule has 10 nitrogen and oxygen atoms in total. The molecule has 3 rings (SSSR count). The molecule has 0 aliphatic carbocycles. The molecular weight excluding hydrogens is 476 g/mol. The summed E-state index contributed by atoms with van der Waals surface area (Å²) >= 11 is 0. The number of likely N-dealkylation sites (tertiary alicyclic amines) is 1. The van der Waals surface area contributed by atoms with Crippen molar-refractivity contribution in [3.05, 3.63) is 53.7 Å². The number of nitrogen functional groups attached to an aromatic ring is 1. The van der Waals surface area contributed by atoms with E-state index in [9.17, 15) is 19.5 Å². The summed E-state index contributed by atoms with van der Waals surface area (Å²) in [5.41, 5.74) is 7.03. The van der Waals surface area contributed by atoms with Crippen molar-refractivity contribution in [3.8, 4) is 5.75 Å². The molecule has 1 fully saturated rings. The molecule has 1 aliphatic rings. The summed E-state index contributed by atoms with van der Waals surface area (Å²) in [6, 6.07) is 10.8. The van der Waals surface area contributed by atoms with Gasteiger partial charge in [0.1, 0.15) is 24.2 Å². The van der Waals surface area contributed by atoms with Gasteiger partial charge in [-0.05, 0) is 48.6 Å². The number of hydrogen-bond acceptors (Lipinski definition) is 8. The number of aromatic hydroxyl groups is 1. The first-order chi connectivity index (χ1) is 17.7. The summed E-state index contributed by atoms with van der Waals surface area (Å²) in [5, 5.41) is 12.4. The predicted molar refractivity (Wildman–Crippen MR) is 137 cm³/mol. The molecule has 2 heterocycles. The van der Waals surface area contributed by atoms with E-state index in [1.807, 2.05) is 13.8 Å². The van der Waals surface area contributed by atoms with E-state index in [4.69, 9.17) is 15.2 Å². The van der Waals surface area contributed by atoms with E-state index in [0.717, 1.165) is 5.56 Å². The van der Waals surface area contributed by atoms with E-state index in [2.05, 4.69) is 10.3 Å². The Morgan fingerprint density at radius 2 is 1.84 bits per heavy atom. The zero-order chi connectivity index (χ0) is 26.8. The molecule has 10 heteroatoms. The van der Waals surface area contributed by atoms with Crippen LogP contribution in [0.15, 0.2) is 42.5 Å². The van der Waals surface area contributed by atoms with E-state index in [0.29, 0.717) is 44.0 Å². The molecule has 2 aromatic rings. The van der Waals surface area contributed by atoms with Crippen molar-refractivity contribution in [2.45, 2.75) is 51.7 Å². The lowest BCUT2D eigenvalue weighted by atomic mass is 10.0. The molecule has 37 heavy (non-hydrogen) atoms. The topological polar surface area (TPSA) is 144 Å².